The predicted molar refractivity (Wildman–Crippen MR) is 78.0 cm³/mol. The van der Waals surface area contributed by atoms with E-state index in [1.165, 1.54) is 0 Å². The molecule has 1 aliphatic carbocycles. The number of ether oxygens (including phenoxy) is 2. The third-order valence-corrected chi connectivity index (χ3v) is 3.42. The maximum absolute atomic E-state index is 11.6. The van der Waals surface area contributed by atoms with Crippen molar-refractivity contribution in [2.45, 2.75) is 31.7 Å². The molecule has 0 saturated heterocycles. The highest BCUT2D eigenvalue weighted by Crippen LogP contribution is 2.17. The van der Waals surface area contributed by atoms with E-state index in [1.54, 1.807) is 24.3 Å². The highest BCUT2D eigenvalue weighted by atomic mass is 16.6. The minimum Gasteiger partial charge on any atom is -0.482 e. The van der Waals surface area contributed by atoms with Gasteiger partial charge in [0.2, 0.25) is 0 Å². The van der Waals surface area contributed by atoms with Crippen LogP contribution in [-0.2, 0) is 14.3 Å². The van der Waals surface area contributed by atoms with Crippen molar-refractivity contribution in [1.82, 2.24) is 5.32 Å². The molecule has 1 saturated carbocycles. The summed E-state index contributed by atoms with van der Waals surface area (Å²) in [4.78, 5) is 23.1. The first-order chi connectivity index (χ1) is 10.7. The Morgan fingerprint density at radius 2 is 1.86 bits per heavy atom. The van der Waals surface area contributed by atoms with Crippen LogP contribution >= 0.6 is 0 Å². The zero-order valence-electron chi connectivity index (χ0n) is 12.2. The third kappa shape index (κ3) is 5.09. The number of nitriles is 1. The first-order valence-corrected chi connectivity index (χ1v) is 7.25. The van der Waals surface area contributed by atoms with Crippen molar-refractivity contribution in [3.05, 3.63) is 29.8 Å². The smallest absolute Gasteiger partial charge is 0.344 e. The van der Waals surface area contributed by atoms with Crippen LogP contribution in [0.1, 0.15) is 31.2 Å². The van der Waals surface area contributed by atoms with Crippen LogP contribution in [0, 0.1) is 11.3 Å². The Morgan fingerprint density at radius 1 is 1.18 bits per heavy atom. The van der Waals surface area contributed by atoms with Crippen LogP contribution in [0.5, 0.6) is 5.75 Å². The summed E-state index contributed by atoms with van der Waals surface area (Å²) in [5.74, 6) is -0.420. The van der Waals surface area contributed by atoms with E-state index in [1.807, 2.05) is 6.07 Å². The normalized spacial score (nSPS) is 14.1. The van der Waals surface area contributed by atoms with Crippen LogP contribution in [0.25, 0.3) is 0 Å². The van der Waals surface area contributed by atoms with Crippen LogP contribution in [0.15, 0.2) is 24.3 Å². The summed E-state index contributed by atoms with van der Waals surface area (Å²) >= 11 is 0. The first-order valence-electron chi connectivity index (χ1n) is 7.25. The summed E-state index contributed by atoms with van der Waals surface area (Å²) in [6.45, 7) is -0.561. The topological polar surface area (TPSA) is 88.4 Å². The molecule has 1 aliphatic rings. The number of amides is 1. The minimum atomic E-state index is -0.606. The Bertz CT molecular complexity index is 557. The van der Waals surface area contributed by atoms with Gasteiger partial charge in [0, 0.05) is 6.04 Å². The molecule has 0 bridgehead atoms. The molecule has 1 aromatic carbocycles. The van der Waals surface area contributed by atoms with Crippen molar-refractivity contribution in [3.63, 3.8) is 0 Å². The van der Waals surface area contributed by atoms with E-state index in [9.17, 15) is 9.59 Å². The second-order valence-corrected chi connectivity index (χ2v) is 5.13. The summed E-state index contributed by atoms with van der Waals surface area (Å²) in [7, 11) is 0. The van der Waals surface area contributed by atoms with Gasteiger partial charge in [0.15, 0.2) is 13.2 Å². The van der Waals surface area contributed by atoms with E-state index in [-0.39, 0.29) is 25.2 Å². The van der Waals surface area contributed by atoms with Crippen LogP contribution in [-0.4, -0.2) is 31.1 Å². The predicted octanol–water partition coefficient (Wildman–Crippen LogP) is 1.54. The van der Waals surface area contributed by atoms with Gasteiger partial charge < -0.3 is 14.8 Å². The van der Waals surface area contributed by atoms with Gasteiger partial charge >= 0.3 is 5.97 Å². The van der Waals surface area contributed by atoms with Crippen molar-refractivity contribution >= 4 is 11.9 Å². The second-order valence-electron chi connectivity index (χ2n) is 5.13. The number of rotatable bonds is 6. The van der Waals surface area contributed by atoms with E-state index in [2.05, 4.69) is 5.32 Å². The van der Waals surface area contributed by atoms with Crippen molar-refractivity contribution in [2.24, 2.45) is 0 Å². The Morgan fingerprint density at radius 3 is 2.50 bits per heavy atom. The maximum atomic E-state index is 11.6. The molecule has 6 nitrogen and oxygen atoms in total. The quantitative estimate of drug-likeness (QED) is 0.805. The van der Waals surface area contributed by atoms with Crippen molar-refractivity contribution in [3.8, 4) is 11.8 Å². The van der Waals surface area contributed by atoms with E-state index in [0.717, 1.165) is 25.7 Å². The lowest BCUT2D eigenvalue weighted by atomic mass is 10.2. The average molecular weight is 302 g/mol. The van der Waals surface area contributed by atoms with Gasteiger partial charge in [0.05, 0.1) is 11.6 Å². The van der Waals surface area contributed by atoms with E-state index >= 15 is 0 Å². The number of carbonyl (C=O) groups excluding carboxylic acids is 2. The molecule has 0 spiro atoms. The largest absolute Gasteiger partial charge is 0.482 e. The fourth-order valence-corrected chi connectivity index (χ4v) is 2.30. The van der Waals surface area contributed by atoms with Gasteiger partial charge in [-0.1, -0.05) is 12.8 Å². The Hall–Kier alpha value is -2.55. The number of carbonyl (C=O) groups is 2. The van der Waals surface area contributed by atoms with Gasteiger partial charge in [-0.2, -0.15) is 5.26 Å². The average Bonchev–Trinajstić information content (AvgIpc) is 3.04. The molecule has 1 fully saturated rings. The lowest BCUT2D eigenvalue weighted by Crippen LogP contribution is -2.36. The van der Waals surface area contributed by atoms with Gasteiger partial charge in [-0.25, -0.2) is 4.79 Å². The molecule has 0 unspecified atom stereocenters. The molecule has 1 N–H and O–H groups in total. The number of hydrogen-bond acceptors (Lipinski definition) is 5. The highest BCUT2D eigenvalue weighted by Gasteiger charge is 2.17. The van der Waals surface area contributed by atoms with Crippen LogP contribution < -0.4 is 10.1 Å². The number of benzene rings is 1. The first kappa shape index (κ1) is 15.8. The van der Waals surface area contributed by atoms with E-state index < -0.39 is 5.97 Å². The van der Waals surface area contributed by atoms with Crippen LogP contribution in [0.3, 0.4) is 0 Å². The number of nitrogens with zero attached hydrogens (tertiary/aromatic N) is 1. The molecule has 2 rings (SSSR count). The van der Waals surface area contributed by atoms with Gasteiger partial charge in [0.25, 0.3) is 5.91 Å². The van der Waals surface area contributed by atoms with Crippen LogP contribution in [0.4, 0.5) is 0 Å². The lowest BCUT2D eigenvalue weighted by molar-refractivity contribution is -0.150. The van der Waals surface area contributed by atoms with E-state index in [4.69, 9.17) is 14.7 Å². The minimum absolute atomic E-state index is 0.209. The van der Waals surface area contributed by atoms with Crippen molar-refractivity contribution < 1.29 is 19.1 Å². The number of esters is 1. The standard InChI is InChI=1S/C16H18N2O4/c17-9-12-5-7-14(8-6-12)21-11-16(20)22-10-15(19)18-13-3-1-2-4-13/h5-8,13H,1-4,10-11H2,(H,18,19). The van der Waals surface area contributed by atoms with Gasteiger partial charge in [0.1, 0.15) is 5.75 Å². The van der Waals surface area contributed by atoms with Gasteiger partial charge in [-0.05, 0) is 37.1 Å². The molecular weight excluding hydrogens is 284 g/mol. The van der Waals surface area contributed by atoms with E-state index in [0.29, 0.717) is 11.3 Å². The van der Waals surface area contributed by atoms with Crippen LogP contribution in [0.2, 0.25) is 0 Å². The second kappa shape index (κ2) is 8.03. The molecule has 1 amide bonds. The summed E-state index contributed by atoms with van der Waals surface area (Å²) in [6.07, 6.45) is 4.23. The van der Waals surface area contributed by atoms with Crippen molar-refractivity contribution in [2.75, 3.05) is 13.2 Å². The SMILES string of the molecule is N#Cc1ccc(OCC(=O)OCC(=O)NC2CCCC2)cc1. The van der Waals surface area contributed by atoms with Gasteiger partial charge in [-0.3, -0.25) is 4.79 Å². The summed E-state index contributed by atoms with van der Waals surface area (Å²) in [5, 5.41) is 11.5. The number of hydrogen-bond donors (Lipinski definition) is 1. The Balaban J connectivity index is 1.64. The Kier molecular flexibility index (Phi) is 5.78. The van der Waals surface area contributed by atoms with Crippen molar-refractivity contribution in [1.29, 1.82) is 5.26 Å². The molecule has 0 aromatic heterocycles. The molecule has 0 radical (unpaired) electrons. The lowest BCUT2D eigenvalue weighted by Gasteiger charge is -2.12. The zero-order valence-corrected chi connectivity index (χ0v) is 12.2. The molecule has 1 aromatic rings. The molecule has 116 valence electrons. The molecule has 0 aliphatic heterocycles. The fraction of sp³-hybridized carbons (Fsp3) is 0.438. The van der Waals surface area contributed by atoms with Gasteiger partial charge in [-0.15, -0.1) is 0 Å². The monoisotopic (exact) mass is 302 g/mol. The fourth-order valence-electron chi connectivity index (χ4n) is 2.30. The molecular formula is C16H18N2O4. The third-order valence-electron chi connectivity index (χ3n) is 3.42. The summed E-state index contributed by atoms with van der Waals surface area (Å²) in [6, 6.07) is 8.58. The number of nitrogens with one attached hydrogen (secondary N) is 1. The molecule has 0 atom stereocenters. The molecule has 22 heavy (non-hydrogen) atoms. The highest BCUT2D eigenvalue weighted by molar-refractivity contribution is 5.81. The zero-order chi connectivity index (χ0) is 15.8. The molecule has 0 heterocycles. The summed E-state index contributed by atoms with van der Waals surface area (Å²) in [5.41, 5.74) is 0.513. The molecule has 6 heteroatoms. The summed E-state index contributed by atoms with van der Waals surface area (Å²) < 4.78 is 10.1. The maximum Gasteiger partial charge on any atom is 0.344 e. The Labute approximate surface area is 129 Å².